The van der Waals surface area contributed by atoms with Crippen molar-refractivity contribution in [1.29, 1.82) is 0 Å². The number of methoxy groups -OCH3 is 2. The van der Waals surface area contributed by atoms with Crippen molar-refractivity contribution >= 4 is 29.3 Å². The summed E-state index contributed by atoms with van der Waals surface area (Å²) in [4.78, 5) is 32.8. The molecule has 220 valence electrons. The first-order chi connectivity index (χ1) is 20.5. The minimum atomic E-state index is -0.531. The fourth-order valence-corrected chi connectivity index (χ4v) is 5.25. The van der Waals surface area contributed by atoms with Crippen molar-refractivity contribution in [3.05, 3.63) is 95.6 Å². The van der Waals surface area contributed by atoms with E-state index < -0.39 is 11.8 Å². The molecule has 11 heteroatoms. The third-order valence-corrected chi connectivity index (χ3v) is 7.59. The molecule has 0 aliphatic heterocycles. The van der Waals surface area contributed by atoms with Crippen LogP contribution in [-0.2, 0) is 27.1 Å². The van der Waals surface area contributed by atoms with E-state index in [1.54, 1.807) is 26.6 Å². The summed E-state index contributed by atoms with van der Waals surface area (Å²) in [6, 6.07) is 18.9. The summed E-state index contributed by atoms with van der Waals surface area (Å²) < 4.78 is 21.6. The van der Waals surface area contributed by atoms with Crippen molar-refractivity contribution in [2.45, 2.75) is 35.0 Å². The lowest BCUT2D eigenvalue weighted by molar-refractivity contribution is -0.122. The highest BCUT2D eigenvalue weighted by atomic mass is 32.2. The Balaban J connectivity index is 1.78. The van der Waals surface area contributed by atoms with E-state index in [0.29, 0.717) is 34.7 Å². The first-order valence-corrected chi connectivity index (χ1v) is 15.7. The van der Waals surface area contributed by atoms with Crippen molar-refractivity contribution in [2.75, 3.05) is 40.3 Å². The van der Waals surface area contributed by atoms with Gasteiger partial charge in [-0.25, -0.2) is 19.9 Å². The Labute approximate surface area is 254 Å². The summed E-state index contributed by atoms with van der Waals surface area (Å²) in [5, 5.41) is 1.31. The van der Waals surface area contributed by atoms with Crippen LogP contribution < -0.4 is 9.47 Å². The zero-order chi connectivity index (χ0) is 29.7. The van der Waals surface area contributed by atoms with E-state index in [-0.39, 0.29) is 19.4 Å². The van der Waals surface area contributed by atoms with Crippen LogP contribution in [0.15, 0.2) is 83.4 Å². The summed E-state index contributed by atoms with van der Waals surface area (Å²) in [5.41, 5.74) is 3.20. The summed E-state index contributed by atoms with van der Waals surface area (Å²) >= 11 is 2.92. The second kappa shape index (κ2) is 16.2. The van der Waals surface area contributed by atoms with E-state index in [9.17, 15) is 4.79 Å². The number of ketones is 1. The molecule has 0 N–H and O–H groups in total. The number of ether oxygens (including phenoxy) is 4. The Bertz CT molecular complexity index is 1350. The van der Waals surface area contributed by atoms with Crippen LogP contribution in [-0.4, -0.2) is 66.0 Å². The number of rotatable bonds is 16. The highest BCUT2D eigenvalue weighted by molar-refractivity contribution is 7.98. The predicted molar refractivity (Wildman–Crippen MR) is 163 cm³/mol. The topological polar surface area (TPSA) is 106 Å². The quantitative estimate of drug-likeness (QED) is 0.0904. The van der Waals surface area contributed by atoms with E-state index in [1.807, 2.05) is 73.2 Å². The molecule has 0 fully saturated rings. The average molecular weight is 607 g/mol. The Kier molecular flexibility index (Phi) is 12.1. The standard InChI is InChI=1S/C31H34N4O5S2/c1-37-19-39-25-9-5-7-21(15-25)27(17-23-11-13-32-30(34-23)41-3)29(36)28(18-24-12-14-33-31(35-24)42-4)22-8-6-10-26(16-22)40-20-38-2/h5-16,27-28H,17-20H2,1-4H3. The normalized spacial score (nSPS) is 12.5. The van der Waals surface area contributed by atoms with Gasteiger partial charge in [0.2, 0.25) is 0 Å². The molecular weight excluding hydrogens is 572 g/mol. The van der Waals surface area contributed by atoms with Crippen molar-refractivity contribution in [3.8, 4) is 11.5 Å². The molecule has 42 heavy (non-hydrogen) atoms. The molecule has 0 amide bonds. The first kappa shape index (κ1) is 31.4. The number of benzene rings is 2. The first-order valence-electron chi connectivity index (χ1n) is 13.2. The van der Waals surface area contributed by atoms with Gasteiger partial charge in [-0.15, -0.1) is 0 Å². The van der Waals surface area contributed by atoms with E-state index in [4.69, 9.17) is 18.9 Å². The molecule has 2 atom stereocenters. The predicted octanol–water partition coefficient (Wildman–Crippen LogP) is 5.60. The maximum Gasteiger partial charge on any atom is 0.188 e. The molecule has 0 saturated carbocycles. The molecule has 4 aromatic rings. The van der Waals surface area contributed by atoms with Gasteiger partial charge < -0.3 is 18.9 Å². The molecule has 2 heterocycles. The molecule has 0 radical (unpaired) electrons. The highest BCUT2D eigenvalue weighted by Crippen LogP contribution is 2.34. The van der Waals surface area contributed by atoms with Crippen LogP contribution in [0, 0.1) is 0 Å². The van der Waals surface area contributed by atoms with Crippen LogP contribution in [0.3, 0.4) is 0 Å². The number of thioether (sulfide) groups is 2. The van der Waals surface area contributed by atoms with Gasteiger partial charge in [0, 0.05) is 62.7 Å². The van der Waals surface area contributed by atoms with Crippen molar-refractivity contribution in [1.82, 2.24) is 19.9 Å². The van der Waals surface area contributed by atoms with Gasteiger partial charge in [0.05, 0.1) is 0 Å². The monoisotopic (exact) mass is 606 g/mol. The van der Waals surface area contributed by atoms with Crippen LogP contribution in [0.5, 0.6) is 11.5 Å². The fourth-order valence-electron chi connectivity index (χ4n) is 4.50. The maximum atomic E-state index is 14.8. The van der Waals surface area contributed by atoms with Crippen LogP contribution in [0.1, 0.15) is 34.4 Å². The van der Waals surface area contributed by atoms with Crippen LogP contribution in [0.25, 0.3) is 0 Å². The molecule has 2 aromatic carbocycles. The molecule has 9 nitrogen and oxygen atoms in total. The van der Waals surface area contributed by atoms with E-state index in [2.05, 4.69) is 19.9 Å². The zero-order valence-electron chi connectivity index (χ0n) is 24.1. The molecule has 4 rings (SSSR count). The molecule has 0 aliphatic carbocycles. The number of carbonyl (C=O) groups excluding carboxylic acids is 1. The number of Topliss-reactive ketones (excluding diaryl/α,β-unsaturated/α-hetero) is 1. The lowest BCUT2D eigenvalue weighted by atomic mass is 9.79. The molecule has 2 aromatic heterocycles. The Hall–Kier alpha value is -3.51. The van der Waals surface area contributed by atoms with Gasteiger partial charge in [0.25, 0.3) is 0 Å². The Morgan fingerprint density at radius 3 is 1.57 bits per heavy atom. The minimum absolute atomic E-state index is 0.0245. The fraction of sp³-hybridized carbons (Fsp3) is 0.323. The van der Waals surface area contributed by atoms with Crippen molar-refractivity contribution < 1.29 is 23.7 Å². The Morgan fingerprint density at radius 2 is 1.17 bits per heavy atom. The molecule has 2 unspecified atom stereocenters. The smallest absolute Gasteiger partial charge is 0.188 e. The summed E-state index contributed by atoms with van der Waals surface area (Å²) in [5.74, 6) is 0.196. The highest BCUT2D eigenvalue weighted by Gasteiger charge is 2.31. The van der Waals surface area contributed by atoms with E-state index >= 15 is 0 Å². The Morgan fingerprint density at radius 1 is 0.714 bits per heavy atom. The van der Waals surface area contributed by atoms with Crippen LogP contribution in [0.2, 0.25) is 0 Å². The molecule has 0 bridgehead atoms. The van der Waals surface area contributed by atoms with Crippen LogP contribution in [0.4, 0.5) is 0 Å². The second-order valence-corrected chi connectivity index (χ2v) is 10.8. The van der Waals surface area contributed by atoms with Crippen LogP contribution >= 0.6 is 23.5 Å². The van der Waals surface area contributed by atoms with Gasteiger partial charge in [-0.1, -0.05) is 47.8 Å². The van der Waals surface area contributed by atoms with Gasteiger partial charge in [-0.3, -0.25) is 4.79 Å². The molecular formula is C31H34N4O5S2. The molecule has 0 saturated heterocycles. The van der Waals surface area contributed by atoms with Gasteiger partial charge in [0.15, 0.2) is 23.9 Å². The molecule has 0 spiro atoms. The summed E-state index contributed by atoms with van der Waals surface area (Å²) in [6.07, 6.45) is 8.09. The number of aromatic nitrogens is 4. The largest absolute Gasteiger partial charge is 0.468 e. The average Bonchev–Trinajstić information content (AvgIpc) is 3.04. The zero-order valence-corrected chi connectivity index (χ0v) is 25.7. The number of hydrogen-bond acceptors (Lipinski definition) is 11. The summed E-state index contributed by atoms with van der Waals surface area (Å²) in [6.45, 7) is 0.209. The third-order valence-electron chi connectivity index (χ3n) is 6.47. The van der Waals surface area contributed by atoms with Gasteiger partial charge in [0.1, 0.15) is 17.3 Å². The lowest BCUT2D eigenvalue weighted by Gasteiger charge is -2.24. The summed E-state index contributed by atoms with van der Waals surface area (Å²) in [7, 11) is 3.14. The van der Waals surface area contributed by atoms with Gasteiger partial charge >= 0.3 is 0 Å². The minimum Gasteiger partial charge on any atom is -0.468 e. The SMILES string of the molecule is COCOc1cccc(C(Cc2ccnc(SC)n2)C(=O)C(Cc2ccnc(SC)n2)c2cccc(OCOC)c2)c1. The van der Waals surface area contributed by atoms with E-state index in [1.165, 1.54) is 23.5 Å². The second-order valence-electron chi connectivity index (χ2n) is 9.23. The van der Waals surface area contributed by atoms with Gasteiger partial charge in [-0.2, -0.15) is 0 Å². The van der Waals surface area contributed by atoms with Crippen molar-refractivity contribution in [3.63, 3.8) is 0 Å². The third kappa shape index (κ3) is 8.75. The maximum absolute atomic E-state index is 14.8. The lowest BCUT2D eigenvalue weighted by Crippen LogP contribution is -2.25. The number of carbonyl (C=O) groups is 1. The number of hydrogen-bond donors (Lipinski definition) is 0. The van der Waals surface area contributed by atoms with Crippen molar-refractivity contribution in [2.24, 2.45) is 0 Å². The van der Waals surface area contributed by atoms with E-state index in [0.717, 1.165) is 22.5 Å². The van der Waals surface area contributed by atoms with Gasteiger partial charge in [-0.05, 0) is 60.0 Å². The number of nitrogens with zero attached hydrogens (tertiary/aromatic N) is 4. The molecule has 0 aliphatic rings.